The summed E-state index contributed by atoms with van der Waals surface area (Å²) in [5.74, 6) is 0. The quantitative estimate of drug-likeness (QED) is 0.757. The van der Waals surface area contributed by atoms with Crippen LogP contribution in [0.25, 0.3) is 0 Å². The highest BCUT2D eigenvalue weighted by Gasteiger charge is 2.25. The lowest BCUT2D eigenvalue weighted by atomic mass is 9.90. The van der Waals surface area contributed by atoms with E-state index in [0.29, 0.717) is 6.01 Å². The van der Waals surface area contributed by atoms with Crippen LogP contribution in [0.1, 0.15) is 40.0 Å². The van der Waals surface area contributed by atoms with E-state index in [1.807, 2.05) is 0 Å². The van der Waals surface area contributed by atoms with Crippen molar-refractivity contribution >= 4 is 12.0 Å². The highest BCUT2D eigenvalue weighted by atomic mass is 16.4. The van der Waals surface area contributed by atoms with E-state index in [9.17, 15) is 0 Å². The Hall–Kier alpha value is -1.26. The van der Waals surface area contributed by atoms with E-state index < -0.39 is 0 Å². The summed E-state index contributed by atoms with van der Waals surface area (Å²) in [6, 6.07) is 0.512. The van der Waals surface area contributed by atoms with Gasteiger partial charge in [-0.15, -0.1) is 0 Å². The zero-order valence-corrected chi connectivity index (χ0v) is 9.00. The van der Waals surface area contributed by atoms with Gasteiger partial charge < -0.3 is 15.5 Å². The Bertz CT molecular complexity index is 272. The molecule has 80 valence electrons. The van der Waals surface area contributed by atoms with Gasteiger partial charge in [0, 0.05) is 5.54 Å². The van der Waals surface area contributed by atoms with Gasteiger partial charge in [-0.25, -0.2) is 0 Å². The van der Waals surface area contributed by atoms with Crippen LogP contribution in [0.3, 0.4) is 0 Å². The summed E-state index contributed by atoms with van der Waals surface area (Å²) < 4.78 is 5.09. The van der Waals surface area contributed by atoms with E-state index in [1.54, 1.807) is 0 Å². The minimum atomic E-state index is 0.0406. The van der Waals surface area contributed by atoms with E-state index in [-0.39, 0.29) is 11.6 Å². The van der Waals surface area contributed by atoms with Crippen LogP contribution >= 0.6 is 0 Å². The second-order valence-corrected chi connectivity index (χ2v) is 3.41. The molecule has 0 aliphatic heterocycles. The molecule has 0 aromatic carbocycles. The normalized spacial score (nSPS) is 11.6. The molecule has 1 aromatic rings. The van der Waals surface area contributed by atoms with Gasteiger partial charge in [-0.2, -0.15) is 0 Å². The van der Waals surface area contributed by atoms with Crippen LogP contribution in [0.4, 0.5) is 12.0 Å². The Kier molecular flexibility index (Phi) is 3.33. The lowest BCUT2D eigenvalue weighted by Gasteiger charge is -2.30. The van der Waals surface area contributed by atoms with Gasteiger partial charge in [-0.3, -0.25) is 0 Å². The average Bonchev–Trinajstić information content (AvgIpc) is 2.61. The number of hydrogen-bond acceptors (Lipinski definition) is 5. The molecule has 0 fully saturated rings. The fourth-order valence-corrected chi connectivity index (χ4v) is 1.53. The van der Waals surface area contributed by atoms with Gasteiger partial charge in [-0.1, -0.05) is 31.0 Å². The van der Waals surface area contributed by atoms with E-state index >= 15 is 0 Å². The number of rotatable bonds is 5. The number of nitrogens with one attached hydrogen (secondary N) is 1. The molecule has 0 spiro atoms. The number of nitrogen functional groups attached to an aromatic ring is 1. The topological polar surface area (TPSA) is 77.0 Å². The first-order chi connectivity index (χ1) is 6.65. The van der Waals surface area contributed by atoms with Crippen LogP contribution in [-0.2, 0) is 0 Å². The van der Waals surface area contributed by atoms with Gasteiger partial charge in [0.05, 0.1) is 0 Å². The van der Waals surface area contributed by atoms with E-state index in [0.717, 1.165) is 19.3 Å². The monoisotopic (exact) mass is 198 g/mol. The molecule has 0 unspecified atom stereocenters. The second kappa shape index (κ2) is 4.30. The Labute approximate surface area is 84.1 Å². The molecular formula is C9H18N4O. The smallest absolute Gasteiger partial charge is 0.317 e. The van der Waals surface area contributed by atoms with Crippen molar-refractivity contribution in [1.82, 2.24) is 10.2 Å². The maximum Gasteiger partial charge on any atom is 0.317 e. The molecule has 1 aromatic heterocycles. The second-order valence-electron chi connectivity index (χ2n) is 3.41. The van der Waals surface area contributed by atoms with Crippen LogP contribution in [0.15, 0.2) is 4.42 Å². The Morgan fingerprint density at radius 1 is 1.21 bits per heavy atom. The van der Waals surface area contributed by atoms with Crippen LogP contribution in [0, 0.1) is 0 Å². The van der Waals surface area contributed by atoms with Crippen LogP contribution in [-0.4, -0.2) is 15.7 Å². The highest BCUT2D eigenvalue weighted by molar-refractivity contribution is 5.27. The third-order valence-corrected chi connectivity index (χ3v) is 2.84. The molecule has 1 rings (SSSR count). The van der Waals surface area contributed by atoms with Gasteiger partial charge in [0.15, 0.2) is 0 Å². The predicted molar refractivity (Wildman–Crippen MR) is 55.9 cm³/mol. The van der Waals surface area contributed by atoms with E-state index in [4.69, 9.17) is 10.2 Å². The Balaban J connectivity index is 2.73. The van der Waals surface area contributed by atoms with Gasteiger partial charge in [-0.05, 0) is 19.3 Å². The molecule has 1 heterocycles. The molecule has 14 heavy (non-hydrogen) atoms. The third kappa shape index (κ3) is 2.16. The Morgan fingerprint density at radius 3 is 2.14 bits per heavy atom. The zero-order chi connectivity index (χ0) is 10.6. The molecule has 0 bridgehead atoms. The van der Waals surface area contributed by atoms with Crippen molar-refractivity contribution in [3.05, 3.63) is 0 Å². The summed E-state index contributed by atoms with van der Waals surface area (Å²) in [4.78, 5) is 0. The summed E-state index contributed by atoms with van der Waals surface area (Å²) in [6.45, 7) is 6.42. The van der Waals surface area contributed by atoms with Crippen LogP contribution in [0.5, 0.6) is 0 Å². The van der Waals surface area contributed by atoms with Crippen molar-refractivity contribution in [3.63, 3.8) is 0 Å². The highest BCUT2D eigenvalue weighted by Crippen LogP contribution is 2.24. The first-order valence-electron chi connectivity index (χ1n) is 5.03. The molecule has 5 nitrogen and oxygen atoms in total. The predicted octanol–water partition coefficient (Wildman–Crippen LogP) is 2.03. The first-order valence-corrected chi connectivity index (χ1v) is 5.03. The fraction of sp³-hybridized carbons (Fsp3) is 0.778. The van der Waals surface area contributed by atoms with Crippen molar-refractivity contribution in [1.29, 1.82) is 0 Å². The van der Waals surface area contributed by atoms with Crippen LogP contribution in [0.2, 0.25) is 0 Å². The summed E-state index contributed by atoms with van der Waals surface area (Å²) in [7, 11) is 0. The summed E-state index contributed by atoms with van der Waals surface area (Å²) >= 11 is 0. The summed E-state index contributed by atoms with van der Waals surface area (Å²) in [5, 5.41) is 10.6. The maximum absolute atomic E-state index is 5.34. The molecule has 5 heteroatoms. The van der Waals surface area contributed by atoms with Gasteiger partial charge in [0.25, 0.3) is 0 Å². The summed E-state index contributed by atoms with van der Waals surface area (Å²) in [6.07, 6.45) is 3.05. The SMILES string of the molecule is CCC(CC)(CC)Nc1nnc(N)o1. The molecule has 0 aliphatic carbocycles. The van der Waals surface area contributed by atoms with Gasteiger partial charge in [0.1, 0.15) is 0 Å². The van der Waals surface area contributed by atoms with Crippen molar-refractivity contribution in [2.24, 2.45) is 0 Å². The molecular weight excluding hydrogens is 180 g/mol. The van der Waals surface area contributed by atoms with Crippen molar-refractivity contribution in [2.75, 3.05) is 11.1 Å². The molecule has 0 radical (unpaired) electrons. The van der Waals surface area contributed by atoms with Crippen molar-refractivity contribution in [3.8, 4) is 0 Å². The average molecular weight is 198 g/mol. The first kappa shape index (κ1) is 10.8. The number of nitrogens with zero attached hydrogens (tertiary/aromatic N) is 2. The molecule has 0 saturated heterocycles. The van der Waals surface area contributed by atoms with Crippen molar-refractivity contribution < 1.29 is 4.42 Å². The zero-order valence-electron chi connectivity index (χ0n) is 9.00. The molecule has 0 aliphatic rings. The number of hydrogen-bond donors (Lipinski definition) is 2. The van der Waals surface area contributed by atoms with E-state index in [2.05, 4.69) is 36.3 Å². The fourth-order valence-electron chi connectivity index (χ4n) is 1.53. The largest absolute Gasteiger partial charge is 0.390 e. The molecule has 0 atom stereocenters. The number of nitrogens with two attached hydrogens (primary N) is 1. The molecule has 0 amide bonds. The minimum absolute atomic E-state index is 0.0406. The maximum atomic E-state index is 5.34. The third-order valence-electron chi connectivity index (χ3n) is 2.84. The molecule has 0 saturated carbocycles. The van der Waals surface area contributed by atoms with Gasteiger partial charge in [0.2, 0.25) is 0 Å². The van der Waals surface area contributed by atoms with Gasteiger partial charge >= 0.3 is 12.0 Å². The number of anilines is 2. The van der Waals surface area contributed by atoms with Crippen molar-refractivity contribution in [2.45, 2.75) is 45.6 Å². The minimum Gasteiger partial charge on any atom is -0.390 e. The molecule has 3 N–H and O–H groups in total. The number of aromatic nitrogens is 2. The lowest BCUT2D eigenvalue weighted by Crippen LogP contribution is -2.36. The summed E-state index contributed by atoms with van der Waals surface area (Å²) in [5.41, 5.74) is 5.38. The van der Waals surface area contributed by atoms with E-state index in [1.165, 1.54) is 0 Å². The standard InChI is InChI=1S/C9H18N4O/c1-4-9(5-2,6-3)11-8-13-12-7(10)14-8/h4-6H2,1-3H3,(H2,10,12)(H,11,13). The lowest BCUT2D eigenvalue weighted by molar-refractivity contribution is 0.403. The van der Waals surface area contributed by atoms with Crippen LogP contribution < -0.4 is 11.1 Å². The Morgan fingerprint density at radius 2 is 1.79 bits per heavy atom.